The van der Waals surface area contributed by atoms with Gasteiger partial charge in [0.25, 0.3) is 0 Å². The van der Waals surface area contributed by atoms with Crippen LogP contribution in [-0.2, 0) is 22.3 Å². The molecule has 0 fully saturated rings. The Bertz CT molecular complexity index is 813. The van der Waals surface area contributed by atoms with Crippen molar-refractivity contribution >= 4 is 39.2 Å². The maximum absolute atomic E-state index is 12.6. The van der Waals surface area contributed by atoms with E-state index in [1.165, 1.54) is 11.3 Å². The summed E-state index contributed by atoms with van der Waals surface area (Å²) in [5.41, 5.74) is 8.75. The first-order valence-corrected chi connectivity index (χ1v) is 8.98. The van der Waals surface area contributed by atoms with Gasteiger partial charge >= 0.3 is 11.9 Å². The van der Waals surface area contributed by atoms with Gasteiger partial charge in [0.05, 0.1) is 29.9 Å². The second kappa shape index (κ2) is 6.76. The summed E-state index contributed by atoms with van der Waals surface area (Å²) in [6.45, 7) is 4.06. The van der Waals surface area contributed by atoms with E-state index in [0.717, 1.165) is 36.9 Å². The molecule has 1 aliphatic carbocycles. The van der Waals surface area contributed by atoms with E-state index in [1.807, 2.05) is 0 Å². The summed E-state index contributed by atoms with van der Waals surface area (Å²) in [5.74, 6) is -0.881. The number of thiophene rings is 1. The number of ether oxygens (including phenoxy) is 2. The van der Waals surface area contributed by atoms with Gasteiger partial charge in [0.2, 0.25) is 0 Å². The molecule has 0 spiro atoms. The van der Waals surface area contributed by atoms with Gasteiger partial charge in [-0.1, -0.05) is 0 Å². The van der Waals surface area contributed by atoms with Crippen LogP contribution in [0.15, 0.2) is 0 Å². The molecule has 3 rings (SSSR count). The molecular formula is C17H20N2O4S. The highest BCUT2D eigenvalue weighted by molar-refractivity contribution is 7.21. The Kier molecular flexibility index (Phi) is 4.71. The van der Waals surface area contributed by atoms with Gasteiger partial charge in [-0.25, -0.2) is 14.6 Å². The van der Waals surface area contributed by atoms with Gasteiger partial charge < -0.3 is 15.2 Å². The number of aryl methyl sites for hydroxylation is 1. The summed E-state index contributed by atoms with van der Waals surface area (Å²) >= 11 is 1.18. The number of nitrogens with zero attached hydrogens (tertiary/aromatic N) is 1. The standard InChI is InChI=1S/C17H20N2O4S/c1-3-22-16(20)11-9-7-5-6-8-10(9)19-15-12(11)13(18)14(24-15)17(21)23-4-2/h3-8,18H2,1-2H3. The van der Waals surface area contributed by atoms with E-state index >= 15 is 0 Å². The smallest absolute Gasteiger partial charge is 0.350 e. The number of nitrogen functional groups attached to an aromatic ring is 1. The van der Waals surface area contributed by atoms with Gasteiger partial charge in [-0.2, -0.15) is 0 Å². The predicted molar refractivity (Wildman–Crippen MR) is 92.6 cm³/mol. The number of rotatable bonds is 4. The lowest BCUT2D eigenvalue weighted by Crippen LogP contribution is -2.15. The third-order valence-corrected chi connectivity index (χ3v) is 5.17. The third-order valence-electron chi connectivity index (χ3n) is 4.09. The quantitative estimate of drug-likeness (QED) is 0.854. The summed E-state index contributed by atoms with van der Waals surface area (Å²) < 4.78 is 10.3. The maximum atomic E-state index is 12.6. The summed E-state index contributed by atoms with van der Waals surface area (Å²) in [4.78, 5) is 30.3. The van der Waals surface area contributed by atoms with E-state index in [1.54, 1.807) is 13.8 Å². The SMILES string of the molecule is CCOC(=O)c1sc2nc3c(c(C(=O)OCC)c2c1N)CCCC3. The molecule has 0 bridgehead atoms. The van der Waals surface area contributed by atoms with E-state index in [2.05, 4.69) is 4.98 Å². The molecule has 0 aromatic carbocycles. The lowest BCUT2D eigenvalue weighted by molar-refractivity contribution is 0.0518. The highest BCUT2D eigenvalue weighted by Gasteiger charge is 2.29. The average Bonchev–Trinajstić information content (AvgIpc) is 2.90. The number of esters is 2. The van der Waals surface area contributed by atoms with Crippen molar-refractivity contribution in [3.63, 3.8) is 0 Å². The molecule has 6 nitrogen and oxygen atoms in total. The fourth-order valence-electron chi connectivity index (χ4n) is 3.08. The van der Waals surface area contributed by atoms with E-state index < -0.39 is 11.9 Å². The number of hydrogen-bond donors (Lipinski definition) is 1. The van der Waals surface area contributed by atoms with Crippen molar-refractivity contribution in [1.82, 2.24) is 4.98 Å². The Morgan fingerprint density at radius 3 is 2.50 bits per heavy atom. The zero-order valence-corrected chi connectivity index (χ0v) is 14.6. The molecule has 0 saturated carbocycles. The first-order chi connectivity index (χ1) is 11.6. The van der Waals surface area contributed by atoms with Crippen molar-refractivity contribution in [1.29, 1.82) is 0 Å². The van der Waals surface area contributed by atoms with Crippen LogP contribution < -0.4 is 5.73 Å². The van der Waals surface area contributed by atoms with Gasteiger partial charge in [0.1, 0.15) is 9.71 Å². The number of carbonyl (C=O) groups excluding carboxylic acids is 2. The van der Waals surface area contributed by atoms with Crippen molar-refractivity contribution in [2.45, 2.75) is 39.5 Å². The molecular weight excluding hydrogens is 328 g/mol. The molecule has 0 atom stereocenters. The first-order valence-electron chi connectivity index (χ1n) is 8.16. The summed E-state index contributed by atoms with van der Waals surface area (Å²) in [6, 6.07) is 0. The second-order valence-electron chi connectivity index (χ2n) is 5.59. The Morgan fingerprint density at radius 1 is 1.12 bits per heavy atom. The van der Waals surface area contributed by atoms with Crippen molar-refractivity contribution in [2.24, 2.45) is 0 Å². The monoisotopic (exact) mass is 348 g/mol. The zero-order chi connectivity index (χ0) is 17.3. The van der Waals surface area contributed by atoms with Crippen LogP contribution in [0.3, 0.4) is 0 Å². The minimum Gasteiger partial charge on any atom is -0.462 e. The molecule has 1 aliphatic rings. The predicted octanol–water partition coefficient (Wildman–Crippen LogP) is 3.11. The minimum atomic E-state index is -0.481. The van der Waals surface area contributed by atoms with Crippen LogP contribution in [0.25, 0.3) is 10.2 Å². The van der Waals surface area contributed by atoms with Gasteiger partial charge in [-0.3, -0.25) is 0 Å². The molecule has 2 heterocycles. The van der Waals surface area contributed by atoms with Gasteiger partial charge in [-0.15, -0.1) is 11.3 Å². The Labute approximate surface area is 144 Å². The number of anilines is 1. The molecule has 0 saturated heterocycles. The highest BCUT2D eigenvalue weighted by atomic mass is 32.1. The maximum Gasteiger partial charge on any atom is 0.350 e. The molecule has 2 aromatic heterocycles. The summed E-state index contributed by atoms with van der Waals surface area (Å²) in [5, 5.41) is 0.530. The topological polar surface area (TPSA) is 91.5 Å². The molecule has 24 heavy (non-hydrogen) atoms. The molecule has 2 N–H and O–H groups in total. The highest BCUT2D eigenvalue weighted by Crippen LogP contribution is 2.39. The van der Waals surface area contributed by atoms with Crippen LogP contribution in [0.2, 0.25) is 0 Å². The first kappa shape index (κ1) is 16.7. The van der Waals surface area contributed by atoms with Crippen LogP contribution in [0, 0.1) is 0 Å². The normalized spacial score (nSPS) is 13.6. The van der Waals surface area contributed by atoms with Crippen molar-refractivity contribution < 1.29 is 19.1 Å². The van der Waals surface area contributed by atoms with E-state index in [-0.39, 0.29) is 18.9 Å². The lowest BCUT2D eigenvalue weighted by Gasteiger charge is -2.18. The van der Waals surface area contributed by atoms with Gasteiger partial charge in [0, 0.05) is 5.69 Å². The summed E-state index contributed by atoms with van der Waals surface area (Å²) in [6.07, 6.45) is 3.64. The number of pyridine rings is 1. The average molecular weight is 348 g/mol. The molecule has 128 valence electrons. The van der Waals surface area contributed by atoms with Crippen molar-refractivity contribution in [3.05, 3.63) is 21.7 Å². The number of carbonyl (C=O) groups is 2. The second-order valence-corrected chi connectivity index (χ2v) is 6.58. The van der Waals surface area contributed by atoms with E-state index in [0.29, 0.717) is 20.7 Å². The minimum absolute atomic E-state index is 0.261. The molecule has 0 radical (unpaired) electrons. The van der Waals surface area contributed by atoms with Gasteiger partial charge in [-0.05, 0) is 45.1 Å². The zero-order valence-electron chi connectivity index (χ0n) is 13.8. The fourth-order valence-corrected chi connectivity index (χ4v) is 4.10. The number of fused-ring (bicyclic) bond motifs is 2. The van der Waals surface area contributed by atoms with Crippen LogP contribution in [-0.4, -0.2) is 30.1 Å². The Morgan fingerprint density at radius 2 is 1.79 bits per heavy atom. The fraction of sp³-hybridized carbons (Fsp3) is 0.471. The van der Waals surface area contributed by atoms with Crippen LogP contribution in [0.1, 0.15) is 58.0 Å². The number of nitrogens with two attached hydrogens (primary N) is 1. The van der Waals surface area contributed by atoms with Gasteiger partial charge in [0.15, 0.2) is 0 Å². The largest absolute Gasteiger partial charge is 0.462 e. The Hall–Kier alpha value is -2.15. The van der Waals surface area contributed by atoms with Crippen molar-refractivity contribution in [3.8, 4) is 0 Å². The van der Waals surface area contributed by atoms with E-state index in [9.17, 15) is 9.59 Å². The van der Waals surface area contributed by atoms with Crippen LogP contribution >= 0.6 is 11.3 Å². The molecule has 0 amide bonds. The molecule has 0 aliphatic heterocycles. The van der Waals surface area contributed by atoms with Crippen LogP contribution in [0.5, 0.6) is 0 Å². The van der Waals surface area contributed by atoms with Crippen LogP contribution in [0.4, 0.5) is 5.69 Å². The Balaban J connectivity index is 2.27. The number of hydrogen-bond acceptors (Lipinski definition) is 7. The summed E-state index contributed by atoms with van der Waals surface area (Å²) in [7, 11) is 0. The molecule has 0 unspecified atom stereocenters. The third kappa shape index (κ3) is 2.73. The van der Waals surface area contributed by atoms with E-state index in [4.69, 9.17) is 15.2 Å². The van der Waals surface area contributed by atoms with Crippen molar-refractivity contribution in [2.75, 3.05) is 18.9 Å². The molecule has 7 heteroatoms. The number of aromatic nitrogens is 1. The molecule has 2 aromatic rings. The lowest BCUT2D eigenvalue weighted by atomic mass is 9.90.